The van der Waals surface area contributed by atoms with Crippen LogP contribution in [0.5, 0.6) is 0 Å². The van der Waals surface area contributed by atoms with Crippen LogP contribution >= 0.6 is 23.2 Å². The van der Waals surface area contributed by atoms with Crippen LogP contribution < -0.4 is 22.2 Å². The smallest absolute Gasteiger partial charge is 0.254 e. The third-order valence-corrected chi connectivity index (χ3v) is 25.4. The van der Waals surface area contributed by atoms with E-state index in [2.05, 4.69) is 194 Å². The van der Waals surface area contributed by atoms with Crippen molar-refractivity contribution in [3.05, 3.63) is 466 Å². The summed E-state index contributed by atoms with van der Waals surface area (Å²) in [6, 6.07) is 64.6. The molecule has 18 nitrogen and oxygen atoms in total. The van der Waals surface area contributed by atoms with Crippen LogP contribution in [0, 0.1) is 83.1 Å². The number of rotatable bonds is 24. The molecule has 2 saturated carbocycles. The van der Waals surface area contributed by atoms with E-state index in [1.165, 1.54) is 45.2 Å². The van der Waals surface area contributed by atoms with E-state index in [0.29, 0.717) is 58.7 Å². The molecule has 16 aromatic rings. The second-order valence-electron chi connectivity index (χ2n) is 35.6. The molecule has 2 aliphatic carbocycles. The molecule has 8 heterocycles. The first-order valence-corrected chi connectivity index (χ1v) is 45.5. The molecular formula is C110H114Cl2N12O6. The van der Waals surface area contributed by atoms with Gasteiger partial charge in [0.15, 0.2) is 0 Å². The molecule has 0 saturated heterocycles. The summed E-state index contributed by atoms with van der Waals surface area (Å²) >= 11 is 12.8. The number of halogens is 2. The lowest BCUT2D eigenvalue weighted by atomic mass is 9.99. The fraction of sp³-hybridized carbons (Fsp3) is 0.273. The fourth-order valence-corrected chi connectivity index (χ4v) is 17.8. The summed E-state index contributed by atoms with van der Waals surface area (Å²) in [7, 11) is 0. The monoisotopic (exact) mass is 1770 g/mol. The molecule has 18 rings (SSSR count). The largest absolute Gasteiger partial charge is 0.394 e. The maximum atomic E-state index is 13.6. The molecule has 0 amide bonds. The Bertz CT molecular complexity index is 7000. The number of nitrogens with zero attached hydrogens (tertiary/aromatic N) is 12. The molecule has 0 unspecified atom stereocenters. The second kappa shape index (κ2) is 40.3. The molecule has 20 heteroatoms. The average molecular weight is 1770 g/mol. The van der Waals surface area contributed by atoms with Crippen molar-refractivity contribution in [3.63, 3.8) is 0 Å². The highest BCUT2D eigenvalue weighted by molar-refractivity contribution is 6.30. The maximum absolute atomic E-state index is 13.6. The van der Waals surface area contributed by atoms with Gasteiger partial charge in [0.25, 0.3) is 22.2 Å². The second-order valence-corrected chi connectivity index (χ2v) is 36.5. The molecule has 0 radical (unpaired) electrons. The lowest BCUT2D eigenvalue weighted by molar-refractivity contribution is 0.246. The summed E-state index contributed by atoms with van der Waals surface area (Å²) < 4.78 is 15.1. The van der Waals surface area contributed by atoms with E-state index in [4.69, 9.17) is 23.2 Å². The first-order chi connectivity index (χ1) is 62.5. The summed E-state index contributed by atoms with van der Waals surface area (Å²) in [4.78, 5) is 71.1. The molecule has 130 heavy (non-hydrogen) atoms. The molecule has 8 aromatic heterocycles. The number of hydrogen-bond donors (Lipinski definition) is 2. The van der Waals surface area contributed by atoms with Crippen molar-refractivity contribution in [2.45, 2.75) is 184 Å². The van der Waals surface area contributed by atoms with Gasteiger partial charge >= 0.3 is 0 Å². The van der Waals surface area contributed by atoms with Gasteiger partial charge in [-0.1, -0.05) is 191 Å². The molecule has 2 aliphatic rings. The predicted octanol–water partition coefficient (Wildman–Crippen LogP) is 21.6. The Kier molecular flexibility index (Phi) is 28.4. The zero-order valence-electron chi connectivity index (χ0n) is 76.6. The van der Waals surface area contributed by atoms with Crippen molar-refractivity contribution in [1.82, 2.24) is 56.5 Å². The van der Waals surface area contributed by atoms with Crippen LogP contribution in [0.15, 0.2) is 288 Å². The van der Waals surface area contributed by atoms with Gasteiger partial charge in [-0.2, -0.15) is 0 Å². The molecular weight excluding hydrogens is 1660 g/mol. The van der Waals surface area contributed by atoms with Crippen molar-refractivity contribution in [3.8, 4) is 22.7 Å². The first kappa shape index (κ1) is 91.6. The van der Waals surface area contributed by atoms with E-state index in [0.717, 1.165) is 142 Å². The van der Waals surface area contributed by atoms with Gasteiger partial charge in [0.05, 0.1) is 95.5 Å². The van der Waals surface area contributed by atoms with Gasteiger partial charge in [-0.15, -0.1) is 0 Å². The molecule has 0 aliphatic heterocycles. The minimum Gasteiger partial charge on any atom is -0.394 e. The molecule has 8 aromatic carbocycles. The minimum absolute atomic E-state index is 0.00384. The van der Waals surface area contributed by atoms with Crippen LogP contribution in [0.1, 0.15) is 221 Å². The fourth-order valence-electron chi connectivity index (χ4n) is 17.3. The Morgan fingerprint density at radius 3 is 0.815 bits per heavy atom. The normalized spacial score (nSPS) is 13.3. The van der Waals surface area contributed by atoms with E-state index in [-0.39, 0.29) is 53.6 Å². The minimum atomic E-state index is -0.492. The van der Waals surface area contributed by atoms with E-state index >= 15 is 0 Å². The molecule has 2 N–H and O–H groups in total. The number of hydrogen-bond acceptors (Lipinski definition) is 10. The van der Waals surface area contributed by atoms with E-state index in [1.807, 2.05) is 184 Å². The predicted molar refractivity (Wildman–Crippen MR) is 523 cm³/mol. The lowest BCUT2D eigenvalue weighted by Crippen LogP contribution is -2.30. The van der Waals surface area contributed by atoms with Crippen molar-refractivity contribution in [1.29, 1.82) is 0 Å². The number of aryl methyl sites for hydroxylation is 12. The Morgan fingerprint density at radius 2 is 0.554 bits per heavy atom. The van der Waals surface area contributed by atoms with Gasteiger partial charge in [-0.05, 0) is 261 Å². The zero-order chi connectivity index (χ0) is 91.9. The Morgan fingerprint density at radius 1 is 0.308 bits per heavy atom. The number of aliphatic hydroxyl groups excluding tert-OH is 2. The summed E-state index contributed by atoms with van der Waals surface area (Å²) in [5, 5.41) is 21.4. The summed E-state index contributed by atoms with van der Waals surface area (Å²) in [5.74, 6) is 1.10. The van der Waals surface area contributed by atoms with Crippen molar-refractivity contribution in [2.24, 2.45) is 0 Å². The lowest BCUT2D eigenvalue weighted by Gasteiger charge is -2.21. The van der Waals surface area contributed by atoms with Gasteiger partial charge in [0.2, 0.25) is 0 Å². The molecule has 2 fully saturated rings. The molecule has 0 spiro atoms. The Labute approximate surface area is 770 Å². The van der Waals surface area contributed by atoms with Crippen LogP contribution in [0.25, 0.3) is 22.7 Å². The van der Waals surface area contributed by atoms with Gasteiger partial charge in [0, 0.05) is 120 Å². The number of benzene rings is 8. The van der Waals surface area contributed by atoms with E-state index in [1.54, 1.807) is 40.0 Å². The third kappa shape index (κ3) is 21.9. The standard InChI is InChI=1S/C29H31N3O2.C29H31N3O.C26H26ClN3O2.C26H26ClN3O/c1-19-4-7-24(8-5-19)28(17-33)32-16-26(23-9-10-23)14-25(29(32)34)13-22-6-11-27(20(2)12-22)31-15-21(3)30-18-31;1-19-5-8-24(9-6-19)22(4)32-17-27(25-10-11-25)15-26(29(32)33)14-23-7-12-28(20(2)13-23)31-16-21(3)30-18-31;1-17-4-7-21(8-5-17)25(15-31)30-14-23(27)12-22(26(30)32)11-20-6-9-24(18(2)10-20)29-13-19(3)28-16-29;1-17-5-8-22(9-6-17)20(4)30-15-24(27)13-23(26(30)31)12-21-7-10-25(18(2)11-21)29-14-19(3)28-16-29/h4-8,11-12,14-16,18,23,28,33H,9-10,13,17H2,1-3H3;5-9,12-13,15-18,22,25H,10-11,14H2,1-4H3;4-10,12-14,16,25,31H,11,15H2,1-3H3;5-11,13-16,20H,12H2,1-4H3/t28-;22-;25-;20-/m0000/s1. The van der Waals surface area contributed by atoms with E-state index in [9.17, 15) is 29.4 Å². The van der Waals surface area contributed by atoms with Gasteiger partial charge in [-0.25, -0.2) is 19.9 Å². The van der Waals surface area contributed by atoms with Gasteiger partial charge < -0.3 is 46.7 Å². The quantitative estimate of drug-likeness (QED) is 0.0586. The summed E-state index contributed by atoms with van der Waals surface area (Å²) in [6.45, 7) is 28.3. The summed E-state index contributed by atoms with van der Waals surface area (Å²) in [5.41, 5.74) is 31.3. The number of aliphatic hydroxyl groups is 2. The number of pyridine rings is 4. The third-order valence-electron chi connectivity index (χ3n) is 25.0. The average Bonchev–Trinajstić information content (AvgIpc) is 1.55. The Hall–Kier alpha value is -13.1. The Balaban J connectivity index is 0.000000133. The van der Waals surface area contributed by atoms with Crippen LogP contribution in [0.3, 0.4) is 0 Å². The molecule has 664 valence electrons. The molecule has 0 bridgehead atoms. The van der Waals surface area contributed by atoms with Crippen molar-refractivity contribution < 1.29 is 10.2 Å². The van der Waals surface area contributed by atoms with Gasteiger partial charge in [-0.3, -0.25) is 19.2 Å². The van der Waals surface area contributed by atoms with Crippen molar-refractivity contribution >= 4 is 23.2 Å². The number of aromatic nitrogens is 12. The van der Waals surface area contributed by atoms with Crippen LogP contribution in [-0.4, -0.2) is 79.9 Å². The first-order valence-electron chi connectivity index (χ1n) is 44.7. The maximum Gasteiger partial charge on any atom is 0.254 e. The van der Waals surface area contributed by atoms with Crippen molar-refractivity contribution in [2.75, 3.05) is 13.2 Å². The highest BCUT2D eigenvalue weighted by atomic mass is 35.5. The summed E-state index contributed by atoms with van der Waals surface area (Å²) in [6.07, 6.45) is 29.7. The van der Waals surface area contributed by atoms with Crippen LogP contribution in [-0.2, 0) is 25.7 Å². The van der Waals surface area contributed by atoms with Gasteiger partial charge in [0.1, 0.15) is 0 Å². The van der Waals surface area contributed by atoms with Crippen LogP contribution in [0.4, 0.5) is 0 Å². The SMILES string of the molecule is Cc1ccc([C@H](C)n2cc(C3CC3)cc(Cc3ccc(-n4cnc(C)c4)c(C)c3)c2=O)cc1.Cc1ccc([C@H](C)n2cc(Cl)cc(Cc3ccc(-n4cnc(C)c4)c(C)c3)c2=O)cc1.Cc1ccc([C@H](CO)n2cc(C3CC3)cc(Cc3ccc(-n4cnc(C)c4)c(C)c3)c2=O)cc1.Cc1ccc([C@H](CO)n2cc(Cl)cc(Cc3ccc(-n4cnc(C)c4)c(C)c3)c2=O)cc1. The van der Waals surface area contributed by atoms with E-state index < -0.39 is 6.04 Å². The topological polar surface area (TPSA) is 200 Å². The molecule has 4 atom stereocenters. The van der Waals surface area contributed by atoms with Crippen LogP contribution in [0.2, 0.25) is 10.0 Å². The zero-order valence-corrected chi connectivity index (χ0v) is 78.1. The number of imidazole rings is 4. The highest BCUT2D eigenvalue weighted by Gasteiger charge is 2.30. The highest BCUT2D eigenvalue weighted by Crippen LogP contribution is 2.42.